The smallest absolute Gasteiger partial charge is 0.227 e. The first-order valence-electron chi connectivity index (χ1n) is 11.4. The molecule has 0 bridgehead atoms. The van der Waals surface area contributed by atoms with Crippen LogP contribution in [0.25, 0.3) is 22.3 Å². The monoisotopic (exact) mass is 482 g/mol. The van der Waals surface area contributed by atoms with Crippen LogP contribution in [0.4, 0.5) is 30.5 Å². The number of aryl methyl sites for hydroxylation is 1. The Balaban J connectivity index is 1.47. The molecule has 0 unspecified atom stereocenters. The number of hydrogen-bond acceptors (Lipinski definition) is 6. The summed E-state index contributed by atoms with van der Waals surface area (Å²) >= 11 is 0. The first-order valence-corrected chi connectivity index (χ1v) is 11.4. The Morgan fingerprint density at radius 3 is 2.46 bits per heavy atom. The lowest BCUT2D eigenvalue weighted by Crippen LogP contribution is -2.36. The van der Waals surface area contributed by atoms with E-state index in [0.717, 1.165) is 6.20 Å². The SMILES string of the molecule is Cc1nc2c(F)cc(-c3nc(Nc4ccc(N5CCOCC5)c(F)c4)ncc3F)cc2n1C(C)C. The molecule has 0 saturated carbocycles. The maximum Gasteiger partial charge on any atom is 0.227 e. The molecule has 4 aromatic rings. The number of morpholine rings is 1. The number of aromatic nitrogens is 4. The van der Waals surface area contributed by atoms with Crippen LogP contribution in [0.3, 0.4) is 0 Å². The van der Waals surface area contributed by atoms with E-state index in [0.29, 0.717) is 49.0 Å². The van der Waals surface area contributed by atoms with Crippen LogP contribution in [-0.4, -0.2) is 45.8 Å². The molecule has 182 valence electrons. The van der Waals surface area contributed by atoms with Crippen molar-refractivity contribution >= 4 is 28.4 Å². The van der Waals surface area contributed by atoms with Crippen LogP contribution >= 0.6 is 0 Å². The Hall–Kier alpha value is -3.66. The highest BCUT2D eigenvalue weighted by atomic mass is 19.1. The van der Waals surface area contributed by atoms with Gasteiger partial charge in [-0.2, -0.15) is 0 Å². The normalized spacial score (nSPS) is 14.2. The molecule has 1 N–H and O–H groups in total. The largest absolute Gasteiger partial charge is 0.378 e. The van der Waals surface area contributed by atoms with E-state index in [1.165, 1.54) is 12.1 Å². The number of rotatable bonds is 5. The summed E-state index contributed by atoms with van der Waals surface area (Å²) in [6.45, 7) is 8.07. The average Bonchev–Trinajstić information content (AvgIpc) is 3.17. The Kier molecular flexibility index (Phi) is 6.06. The number of anilines is 3. The Morgan fingerprint density at radius 2 is 1.74 bits per heavy atom. The molecule has 1 saturated heterocycles. The number of nitrogens with zero attached hydrogens (tertiary/aromatic N) is 5. The van der Waals surface area contributed by atoms with E-state index < -0.39 is 17.5 Å². The topological polar surface area (TPSA) is 68.1 Å². The van der Waals surface area contributed by atoms with Crippen molar-refractivity contribution in [1.29, 1.82) is 0 Å². The highest BCUT2D eigenvalue weighted by Gasteiger charge is 2.19. The van der Waals surface area contributed by atoms with Gasteiger partial charge in [-0.25, -0.2) is 28.1 Å². The Bertz CT molecular complexity index is 1400. The molecule has 1 fully saturated rings. The number of ether oxygens (including phenoxy) is 1. The maximum atomic E-state index is 14.9. The quantitative estimate of drug-likeness (QED) is 0.412. The molecule has 0 amide bonds. The summed E-state index contributed by atoms with van der Waals surface area (Å²) in [5.41, 5.74) is 1.87. The molecule has 10 heteroatoms. The van der Waals surface area contributed by atoms with E-state index in [9.17, 15) is 13.2 Å². The van der Waals surface area contributed by atoms with Crippen molar-refractivity contribution in [3.8, 4) is 11.3 Å². The van der Waals surface area contributed by atoms with Gasteiger partial charge >= 0.3 is 0 Å². The van der Waals surface area contributed by atoms with Crippen molar-refractivity contribution in [1.82, 2.24) is 19.5 Å². The Labute approximate surface area is 200 Å². The lowest BCUT2D eigenvalue weighted by atomic mass is 10.1. The van der Waals surface area contributed by atoms with Gasteiger partial charge < -0.3 is 19.5 Å². The molecular formula is C25H25F3N6O. The zero-order valence-electron chi connectivity index (χ0n) is 19.6. The molecule has 1 aliphatic heterocycles. The van der Waals surface area contributed by atoms with Crippen LogP contribution in [0, 0.1) is 24.4 Å². The van der Waals surface area contributed by atoms with Gasteiger partial charge in [0.05, 0.1) is 30.6 Å². The summed E-state index contributed by atoms with van der Waals surface area (Å²) in [6, 6.07) is 7.64. The number of benzene rings is 2. The van der Waals surface area contributed by atoms with E-state index in [4.69, 9.17) is 4.74 Å². The first kappa shape index (κ1) is 23.1. The number of imidazole rings is 1. The van der Waals surface area contributed by atoms with Gasteiger partial charge in [-0.05, 0) is 51.1 Å². The van der Waals surface area contributed by atoms with Crippen LogP contribution in [-0.2, 0) is 4.74 Å². The highest BCUT2D eigenvalue weighted by molar-refractivity contribution is 5.83. The summed E-state index contributed by atoms with van der Waals surface area (Å²) in [4.78, 5) is 14.5. The third-order valence-corrected chi connectivity index (χ3v) is 6.01. The molecular weight excluding hydrogens is 457 g/mol. The first-order chi connectivity index (χ1) is 16.8. The highest BCUT2D eigenvalue weighted by Crippen LogP contribution is 2.31. The predicted molar refractivity (Wildman–Crippen MR) is 129 cm³/mol. The minimum absolute atomic E-state index is 0.0393. The fourth-order valence-electron chi connectivity index (χ4n) is 4.46. The van der Waals surface area contributed by atoms with Gasteiger partial charge in [0.1, 0.15) is 22.9 Å². The second kappa shape index (κ2) is 9.18. The summed E-state index contributed by atoms with van der Waals surface area (Å²) < 4.78 is 51.6. The summed E-state index contributed by atoms with van der Waals surface area (Å²) in [7, 11) is 0. The van der Waals surface area contributed by atoms with E-state index in [1.54, 1.807) is 25.1 Å². The van der Waals surface area contributed by atoms with E-state index >= 15 is 0 Å². The van der Waals surface area contributed by atoms with Crippen molar-refractivity contribution in [2.24, 2.45) is 0 Å². The summed E-state index contributed by atoms with van der Waals surface area (Å²) in [6.07, 6.45) is 1.01. The molecule has 0 aliphatic carbocycles. The fourth-order valence-corrected chi connectivity index (χ4v) is 4.46. The van der Waals surface area contributed by atoms with Gasteiger partial charge in [-0.3, -0.25) is 0 Å². The predicted octanol–water partition coefficient (Wildman–Crippen LogP) is 5.38. The van der Waals surface area contributed by atoms with Gasteiger partial charge in [0, 0.05) is 30.4 Å². The lowest BCUT2D eigenvalue weighted by molar-refractivity contribution is 0.122. The number of halogens is 3. The van der Waals surface area contributed by atoms with E-state index in [-0.39, 0.29) is 28.8 Å². The summed E-state index contributed by atoms with van der Waals surface area (Å²) in [5, 5.41) is 2.91. The van der Waals surface area contributed by atoms with E-state index in [1.807, 2.05) is 23.3 Å². The van der Waals surface area contributed by atoms with Crippen molar-refractivity contribution in [3.05, 3.63) is 59.8 Å². The molecule has 3 heterocycles. The molecule has 1 aliphatic rings. The summed E-state index contributed by atoms with van der Waals surface area (Å²) in [5.74, 6) is -0.930. The molecule has 5 rings (SSSR count). The van der Waals surface area contributed by atoms with Crippen molar-refractivity contribution < 1.29 is 17.9 Å². The molecule has 7 nitrogen and oxygen atoms in total. The molecule has 0 spiro atoms. The van der Waals surface area contributed by atoms with Crippen molar-refractivity contribution in [2.45, 2.75) is 26.8 Å². The molecule has 2 aromatic heterocycles. The number of nitrogens with one attached hydrogen (secondary N) is 1. The number of hydrogen-bond donors (Lipinski definition) is 1. The van der Waals surface area contributed by atoms with Gasteiger partial charge in [0.2, 0.25) is 5.95 Å². The van der Waals surface area contributed by atoms with Crippen LogP contribution in [0.15, 0.2) is 36.5 Å². The van der Waals surface area contributed by atoms with Crippen LogP contribution < -0.4 is 10.2 Å². The maximum absolute atomic E-state index is 14.9. The Morgan fingerprint density at radius 1 is 0.971 bits per heavy atom. The molecule has 0 radical (unpaired) electrons. The minimum atomic E-state index is -0.699. The van der Waals surface area contributed by atoms with Crippen LogP contribution in [0.1, 0.15) is 25.7 Å². The molecule has 0 atom stereocenters. The van der Waals surface area contributed by atoms with Gasteiger partial charge in [0.25, 0.3) is 0 Å². The van der Waals surface area contributed by atoms with E-state index in [2.05, 4.69) is 20.3 Å². The molecule has 2 aromatic carbocycles. The van der Waals surface area contributed by atoms with Crippen LogP contribution in [0.2, 0.25) is 0 Å². The van der Waals surface area contributed by atoms with Crippen molar-refractivity contribution in [3.63, 3.8) is 0 Å². The van der Waals surface area contributed by atoms with Gasteiger partial charge in [-0.1, -0.05) is 0 Å². The zero-order chi connectivity index (χ0) is 24.7. The zero-order valence-corrected chi connectivity index (χ0v) is 19.6. The van der Waals surface area contributed by atoms with Crippen molar-refractivity contribution in [2.75, 3.05) is 36.5 Å². The van der Waals surface area contributed by atoms with Gasteiger partial charge in [-0.15, -0.1) is 0 Å². The second-order valence-corrected chi connectivity index (χ2v) is 8.73. The van der Waals surface area contributed by atoms with Crippen LogP contribution in [0.5, 0.6) is 0 Å². The second-order valence-electron chi connectivity index (χ2n) is 8.73. The minimum Gasteiger partial charge on any atom is -0.378 e. The fraction of sp³-hybridized carbons (Fsp3) is 0.320. The molecule has 35 heavy (non-hydrogen) atoms. The number of fused-ring (bicyclic) bond motifs is 1. The lowest BCUT2D eigenvalue weighted by Gasteiger charge is -2.29. The van der Waals surface area contributed by atoms with Gasteiger partial charge in [0.15, 0.2) is 11.6 Å². The third-order valence-electron chi connectivity index (χ3n) is 6.01. The third kappa shape index (κ3) is 4.41. The standard InChI is InChI=1S/C25H25F3N6O/c1-14(2)34-15(3)30-24-19(27)10-16(11-22(24)34)23-20(28)13-29-25(32-23)31-17-4-5-21(18(26)12-17)33-6-8-35-9-7-33/h4-5,10-14H,6-9H2,1-3H3,(H,29,31,32). The average molecular weight is 483 g/mol.